The maximum Gasteiger partial charge on any atom is 0.309 e. The SMILES string of the molecule is CCOC(=O)[C@H]1CC[C@@H](N)C[C@@H]1C. The molecule has 2 N–H and O–H groups in total. The molecule has 0 bridgehead atoms. The summed E-state index contributed by atoms with van der Waals surface area (Å²) in [5.74, 6) is 0.421. The maximum absolute atomic E-state index is 11.5. The summed E-state index contributed by atoms with van der Waals surface area (Å²) in [5.41, 5.74) is 5.81. The molecular weight excluding hydrogens is 166 g/mol. The lowest BCUT2D eigenvalue weighted by molar-refractivity contribution is -0.151. The Kier molecular flexibility index (Phi) is 3.72. The molecule has 0 amide bonds. The molecule has 3 nitrogen and oxygen atoms in total. The van der Waals surface area contributed by atoms with Crippen LogP contribution in [0.15, 0.2) is 0 Å². The predicted octanol–water partition coefficient (Wildman–Crippen LogP) is 1.31. The fourth-order valence-corrected chi connectivity index (χ4v) is 2.04. The van der Waals surface area contributed by atoms with Gasteiger partial charge in [-0.3, -0.25) is 4.79 Å². The van der Waals surface area contributed by atoms with Gasteiger partial charge in [-0.25, -0.2) is 0 Å². The van der Waals surface area contributed by atoms with Gasteiger partial charge in [-0.2, -0.15) is 0 Å². The third-order valence-corrected chi connectivity index (χ3v) is 2.80. The summed E-state index contributed by atoms with van der Waals surface area (Å²) >= 11 is 0. The van der Waals surface area contributed by atoms with Crippen molar-refractivity contribution in [1.82, 2.24) is 0 Å². The standard InChI is InChI=1S/C10H19NO2/c1-3-13-10(12)9-5-4-8(11)6-7(9)2/h7-9H,3-6,11H2,1-2H3/t7-,8+,9-/m0/s1. The van der Waals surface area contributed by atoms with Crippen molar-refractivity contribution in [2.45, 2.75) is 39.2 Å². The molecule has 1 aliphatic carbocycles. The molecule has 1 fully saturated rings. The van der Waals surface area contributed by atoms with Gasteiger partial charge < -0.3 is 10.5 Å². The van der Waals surface area contributed by atoms with Crippen LogP contribution in [0.1, 0.15) is 33.1 Å². The number of carbonyl (C=O) groups excluding carboxylic acids is 1. The number of hydrogen-bond donors (Lipinski definition) is 1. The molecule has 13 heavy (non-hydrogen) atoms. The molecular formula is C10H19NO2. The van der Waals surface area contributed by atoms with Crippen LogP contribution in [0.25, 0.3) is 0 Å². The van der Waals surface area contributed by atoms with E-state index in [9.17, 15) is 4.79 Å². The second-order valence-corrected chi connectivity index (χ2v) is 3.91. The van der Waals surface area contributed by atoms with E-state index < -0.39 is 0 Å². The van der Waals surface area contributed by atoms with Crippen molar-refractivity contribution < 1.29 is 9.53 Å². The predicted molar refractivity (Wildman–Crippen MR) is 51.1 cm³/mol. The number of rotatable bonds is 2. The third-order valence-electron chi connectivity index (χ3n) is 2.80. The molecule has 0 aromatic carbocycles. The van der Waals surface area contributed by atoms with E-state index in [1.807, 2.05) is 6.92 Å². The Morgan fingerprint density at radius 1 is 1.54 bits per heavy atom. The summed E-state index contributed by atoms with van der Waals surface area (Å²) in [6.45, 7) is 4.41. The van der Waals surface area contributed by atoms with E-state index in [0.29, 0.717) is 12.5 Å². The average molecular weight is 185 g/mol. The molecule has 76 valence electrons. The smallest absolute Gasteiger partial charge is 0.309 e. The lowest BCUT2D eigenvalue weighted by Crippen LogP contribution is -2.36. The van der Waals surface area contributed by atoms with Crippen molar-refractivity contribution in [1.29, 1.82) is 0 Å². The number of carbonyl (C=O) groups is 1. The number of hydrogen-bond acceptors (Lipinski definition) is 3. The van der Waals surface area contributed by atoms with E-state index in [2.05, 4.69) is 6.92 Å². The number of esters is 1. The van der Waals surface area contributed by atoms with Crippen LogP contribution in [0.4, 0.5) is 0 Å². The van der Waals surface area contributed by atoms with Crippen LogP contribution < -0.4 is 5.73 Å². The van der Waals surface area contributed by atoms with Gasteiger partial charge in [0.2, 0.25) is 0 Å². The highest BCUT2D eigenvalue weighted by atomic mass is 16.5. The average Bonchev–Trinajstić information content (AvgIpc) is 2.04. The van der Waals surface area contributed by atoms with E-state index >= 15 is 0 Å². The van der Waals surface area contributed by atoms with Crippen LogP contribution in [-0.4, -0.2) is 18.6 Å². The molecule has 0 radical (unpaired) electrons. The summed E-state index contributed by atoms with van der Waals surface area (Å²) in [6, 6.07) is 0.278. The van der Waals surface area contributed by atoms with Gasteiger partial charge in [-0.1, -0.05) is 6.92 Å². The molecule has 3 heteroatoms. The molecule has 1 rings (SSSR count). The van der Waals surface area contributed by atoms with Crippen LogP contribution in [0.3, 0.4) is 0 Å². The molecule has 0 saturated heterocycles. The van der Waals surface area contributed by atoms with E-state index in [0.717, 1.165) is 19.3 Å². The minimum atomic E-state index is -0.0399. The Hall–Kier alpha value is -0.570. The largest absolute Gasteiger partial charge is 0.466 e. The van der Waals surface area contributed by atoms with E-state index in [-0.39, 0.29) is 17.9 Å². The Balaban J connectivity index is 2.45. The molecule has 0 aliphatic heterocycles. The molecule has 3 atom stereocenters. The first-order chi connectivity index (χ1) is 6.15. The van der Waals surface area contributed by atoms with Gasteiger partial charge >= 0.3 is 5.97 Å². The van der Waals surface area contributed by atoms with Crippen molar-refractivity contribution in [3.63, 3.8) is 0 Å². The number of ether oxygens (including phenoxy) is 1. The molecule has 0 spiro atoms. The Bertz CT molecular complexity index is 182. The maximum atomic E-state index is 11.5. The molecule has 1 aliphatic rings. The third kappa shape index (κ3) is 2.69. The highest BCUT2D eigenvalue weighted by Crippen LogP contribution is 2.29. The van der Waals surface area contributed by atoms with E-state index in [1.54, 1.807) is 0 Å². The zero-order valence-electron chi connectivity index (χ0n) is 8.45. The summed E-state index contributed by atoms with van der Waals surface area (Å²) in [6.07, 6.45) is 2.79. The monoisotopic (exact) mass is 185 g/mol. The van der Waals surface area contributed by atoms with Crippen LogP contribution in [0, 0.1) is 11.8 Å². The summed E-state index contributed by atoms with van der Waals surface area (Å²) < 4.78 is 5.01. The van der Waals surface area contributed by atoms with Gasteiger partial charge in [0, 0.05) is 6.04 Å². The molecule has 0 aromatic rings. The highest BCUT2D eigenvalue weighted by Gasteiger charge is 2.31. The van der Waals surface area contributed by atoms with Gasteiger partial charge in [0.25, 0.3) is 0 Å². The molecule has 0 heterocycles. The van der Waals surface area contributed by atoms with Crippen molar-refractivity contribution in [3.05, 3.63) is 0 Å². The van der Waals surface area contributed by atoms with Crippen LogP contribution >= 0.6 is 0 Å². The normalized spacial score (nSPS) is 34.2. The lowest BCUT2D eigenvalue weighted by atomic mass is 9.78. The summed E-state index contributed by atoms with van der Waals surface area (Å²) in [5, 5.41) is 0. The van der Waals surface area contributed by atoms with Crippen LogP contribution in [0.5, 0.6) is 0 Å². The van der Waals surface area contributed by atoms with Gasteiger partial charge in [0.15, 0.2) is 0 Å². The van der Waals surface area contributed by atoms with Crippen LogP contribution in [0.2, 0.25) is 0 Å². The fraction of sp³-hybridized carbons (Fsp3) is 0.900. The second-order valence-electron chi connectivity index (χ2n) is 3.91. The molecule has 0 unspecified atom stereocenters. The quantitative estimate of drug-likeness (QED) is 0.660. The second kappa shape index (κ2) is 4.61. The Morgan fingerprint density at radius 2 is 2.23 bits per heavy atom. The first-order valence-corrected chi connectivity index (χ1v) is 5.07. The molecule has 0 aromatic heterocycles. The lowest BCUT2D eigenvalue weighted by Gasteiger charge is -2.30. The summed E-state index contributed by atoms with van der Waals surface area (Å²) in [4.78, 5) is 11.5. The van der Waals surface area contributed by atoms with Gasteiger partial charge in [0.1, 0.15) is 0 Å². The van der Waals surface area contributed by atoms with Gasteiger partial charge in [-0.15, -0.1) is 0 Å². The Labute approximate surface area is 79.6 Å². The van der Waals surface area contributed by atoms with Crippen molar-refractivity contribution in [2.24, 2.45) is 17.6 Å². The number of nitrogens with two attached hydrogens (primary N) is 1. The minimum absolute atomic E-state index is 0.0399. The van der Waals surface area contributed by atoms with E-state index in [4.69, 9.17) is 10.5 Å². The van der Waals surface area contributed by atoms with E-state index in [1.165, 1.54) is 0 Å². The highest BCUT2D eigenvalue weighted by molar-refractivity contribution is 5.72. The fourth-order valence-electron chi connectivity index (χ4n) is 2.04. The first kappa shape index (κ1) is 10.5. The van der Waals surface area contributed by atoms with Crippen molar-refractivity contribution in [3.8, 4) is 0 Å². The molecule has 1 saturated carbocycles. The van der Waals surface area contributed by atoms with Crippen molar-refractivity contribution >= 4 is 5.97 Å². The topological polar surface area (TPSA) is 52.3 Å². The minimum Gasteiger partial charge on any atom is -0.466 e. The summed E-state index contributed by atoms with van der Waals surface area (Å²) in [7, 11) is 0. The van der Waals surface area contributed by atoms with Gasteiger partial charge in [0.05, 0.1) is 12.5 Å². The zero-order valence-corrected chi connectivity index (χ0v) is 8.45. The Morgan fingerprint density at radius 3 is 2.77 bits per heavy atom. The zero-order chi connectivity index (χ0) is 9.84. The van der Waals surface area contributed by atoms with Gasteiger partial charge in [-0.05, 0) is 32.1 Å². The van der Waals surface area contributed by atoms with Crippen molar-refractivity contribution in [2.75, 3.05) is 6.61 Å². The first-order valence-electron chi connectivity index (χ1n) is 5.07. The van der Waals surface area contributed by atoms with Crippen LogP contribution in [-0.2, 0) is 9.53 Å².